The summed E-state index contributed by atoms with van der Waals surface area (Å²) >= 11 is 20.9. The fourth-order valence-electron chi connectivity index (χ4n) is 0.264. The van der Waals surface area contributed by atoms with Gasteiger partial charge in [0.05, 0.1) is 0 Å². The molecule has 0 aromatic carbocycles. The maximum atomic E-state index is 10.5. The molecule has 0 fully saturated rings. The molecule has 0 atom stereocenters. The van der Waals surface area contributed by atoms with Gasteiger partial charge in [-0.2, -0.15) is 0 Å². The van der Waals surface area contributed by atoms with Crippen LogP contribution in [-0.2, 0) is 9.53 Å². The van der Waals surface area contributed by atoms with Gasteiger partial charge in [0.25, 0.3) is 0 Å². The van der Waals surface area contributed by atoms with Gasteiger partial charge in [-0.15, -0.1) is 0 Å². The van der Waals surface area contributed by atoms with Crippen molar-refractivity contribution in [2.24, 2.45) is 0 Å². The van der Waals surface area contributed by atoms with Gasteiger partial charge in [-0.05, 0) is 6.08 Å². The molecule has 0 aliphatic carbocycles. The van der Waals surface area contributed by atoms with Gasteiger partial charge in [-0.1, -0.05) is 46.4 Å². The van der Waals surface area contributed by atoms with Crippen LogP contribution in [0, 0.1) is 0 Å². The van der Waals surface area contributed by atoms with E-state index in [4.69, 9.17) is 46.4 Å². The van der Waals surface area contributed by atoms with Crippen molar-refractivity contribution in [1.82, 2.24) is 0 Å². The molecular formula is C5H4Cl4O2. The lowest BCUT2D eigenvalue weighted by molar-refractivity contribution is -0.135. The number of carbonyl (C=O) groups excluding carboxylic acids is 1. The Hall–Kier alpha value is 0.370. The fraction of sp³-hybridized carbons (Fsp3) is 0.400. The Morgan fingerprint density at radius 1 is 1.45 bits per heavy atom. The summed E-state index contributed by atoms with van der Waals surface area (Å²) in [6.07, 6.45) is 2.07. The van der Waals surface area contributed by atoms with Crippen LogP contribution < -0.4 is 0 Å². The predicted molar refractivity (Wildman–Crippen MR) is 46.2 cm³/mol. The molecule has 0 aromatic heterocycles. The molecule has 0 bridgehead atoms. The number of allylic oxidation sites excluding steroid dienone is 1. The van der Waals surface area contributed by atoms with E-state index in [1.54, 1.807) is 0 Å². The van der Waals surface area contributed by atoms with E-state index in [2.05, 4.69) is 4.74 Å². The first-order valence-corrected chi connectivity index (χ1v) is 4.11. The quantitative estimate of drug-likeness (QED) is 0.420. The first-order valence-electron chi connectivity index (χ1n) is 2.44. The third-order valence-electron chi connectivity index (χ3n) is 0.605. The van der Waals surface area contributed by atoms with Crippen molar-refractivity contribution in [2.45, 2.75) is 3.79 Å². The zero-order chi connectivity index (χ0) is 8.91. The third-order valence-corrected chi connectivity index (χ3v) is 1.09. The van der Waals surface area contributed by atoms with Crippen LogP contribution in [0.3, 0.4) is 0 Å². The molecule has 0 N–H and O–H groups in total. The molecule has 0 saturated carbocycles. The Bertz CT molecular complexity index is 160. The number of hydrogen-bond donors (Lipinski definition) is 0. The van der Waals surface area contributed by atoms with Gasteiger partial charge in [-0.3, -0.25) is 0 Å². The summed E-state index contributed by atoms with van der Waals surface area (Å²) in [5.74, 6) is -0.647. The Morgan fingerprint density at radius 2 is 2.00 bits per heavy atom. The van der Waals surface area contributed by atoms with Gasteiger partial charge in [0.2, 0.25) is 3.79 Å². The average molecular weight is 238 g/mol. The van der Waals surface area contributed by atoms with E-state index in [1.165, 1.54) is 0 Å². The zero-order valence-corrected chi connectivity index (χ0v) is 8.21. The molecule has 0 aromatic rings. The molecular weight excluding hydrogens is 234 g/mol. The number of carbonyl (C=O) groups is 1. The number of hydrogen-bond acceptors (Lipinski definition) is 2. The second-order valence-corrected chi connectivity index (χ2v) is 4.03. The zero-order valence-electron chi connectivity index (χ0n) is 5.19. The van der Waals surface area contributed by atoms with Crippen LogP contribution in [0.1, 0.15) is 0 Å². The van der Waals surface area contributed by atoms with Crippen LogP contribution in [0.4, 0.5) is 0 Å². The van der Waals surface area contributed by atoms with Crippen LogP contribution in [0.5, 0.6) is 0 Å². The van der Waals surface area contributed by atoms with Crippen molar-refractivity contribution in [3.05, 3.63) is 12.2 Å². The minimum absolute atomic E-state index is 0.219. The highest BCUT2D eigenvalue weighted by Crippen LogP contribution is 2.27. The second-order valence-electron chi connectivity index (χ2n) is 1.45. The van der Waals surface area contributed by atoms with E-state index in [0.29, 0.717) is 0 Å². The molecule has 64 valence electrons. The van der Waals surface area contributed by atoms with Crippen LogP contribution in [0.2, 0.25) is 0 Å². The molecule has 0 aliphatic heterocycles. The Morgan fingerprint density at radius 3 is 2.36 bits per heavy atom. The van der Waals surface area contributed by atoms with E-state index >= 15 is 0 Å². The maximum Gasteiger partial charge on any atom is 0.331 e. The molecule has 0 saturated heterocycles. The van der Waals surface area contributed by atoms with Crippen molar-refractivity contribution in [3.63, 3.8) is 0 Å². The van der Waals surface area contributed by atoms with Crippen molar-refractivity contribution in [3.8, 4) is 0 Å². The molecule has 0 amide bonds. The summed E-state index contributed by atoms with van der Waals surface area (Å²) in [6, 6.07) is -0.219. The van der Waals surface area contributed by atoms with Gasteiger partial charge in [0, 0.05) is 6.08 Å². The lowest BCUT2D eigenvalue weighted by Gasteiger charge is -2.01. The molecule has 11 heavy (non-hydrogen) atoms. The molecule has 0 aliphatic rings. The predicted octanol–water partition coefficient (Wildman–Crippen LogP) is 2.65. The van der Waals surface area contributed by atoms with Crippen molar-refractivity contribution in [2.75, 3.05) is 6.07 Å². The first kappa shape index (κ1) is 11.4. The molecule has 6 heteroatoms. The Labute approximate surface area is 84.0 Å². The largest absolute Gasteiger partial charge is 0.446 e. The van der Waals surface area contributed by atoms with Crippen LogP contribution in [0.15, 0.2) is 12.2 Å². The normalized spacial score (nSPS) is 12.0. The molecule has 0 rings (SSSR count). The standard InChI is InChI=1S/C5H4Cl4O2/c6-3-11-4(10)1-2-5(7,8)9/h1-2H,3H2. The fourth-order valence-corrected chi connectivity index (χ4v) is 0.561. The lowest BCUT2D eigenvalue weighted by atomic mass is 10.5. The number of esters is 1. The smallest absolute Gasteiger partial charge is 0.331 e. The van der Waals surface area contributed by atoms with E-state index in [-0.39, 0.29) is 6.07 Å². The molecule has 2 nitrogen and oxygen atoms in total. The molecule has 0 unspecified atom stereocenters. The van der Waals surface area contributed by atoms with E-state index < -0.39 is 9.76 Å². The van der Waals surface area contributed by atoms with Crippen LogP contribution in [0.25, 0.3) is 0 Å². The summed E-state index contributed by atoms with van der Waals surface area (Å²) < 4.78 is 2.72. The number of ether oxygens (including phenoxy) is 1. The highest BCUT2D eigenvalue weighted by molar-refractivity contribution is 6.69. The molecule has 0 heterocycles. The summed E-state index contributed by atoms with van der Waals surface area (Å²) in [5, 5.41) is 0. The van der Waals surface area contributed by atoms with Gasteiger partial charge in [0.1, 0.15) is 0 Å². The monoisotopic (exact) mass is 236 g/mol. The third kappa shape index (κ3) is 8.27. The summed E-state index contributed by atoms with van der Waals surface area (Å²) in [7, 11) is 0. The summed E-state index contributed by atoms with van der Waals surface area (Å²) in [4.78, 5) is 10.5. The molecule has 0 spiro atoms. The summed E-state index contributed by atoms with van der Waals surface area (Å²) in [5.41, 5.74) is 0. The highest BCUT2D eigenvalue weighted by Gasteiger charge is 2.14. The average Bonchev–Trinajstić information content (AvgIpc) is 1.83. The van der Waals surface area contributed by atoms with Crippen LogP contribution in [-0.4, -0.2) is 15.8 Å². The molecule has 0 radical (unpaired) electrons. The Kier molecular flexibility index (Phi) is 5.26. The van der Waals surface area contributed by atoms with Gasteiger partial charge < -0.3 is 4.74 Å². The summed E-state index contributed by atoms with van der Waals surface area (Å²) in [6.45, 7) is 0. The van der Waals surface area contributed by atoms with Gasteiger partial charge >= 0.3 is 5.97 Å². The lowest BCUT2D eigenvalue weighted by Crippen LogP contribution is -2.01. The topological polar surface area (TPSA) is 26.3 Å². The van der Waals surface area contributed by atoms with E-state index in [9.17, 15) is 4.79 Å². The number of rotatable bonds is 2. The van der Waals surface area contributed by atoms with E-state index in [1.807, 2.05) is 0 Å². The van der Waals surface area contributed by atoms with Crippen molar-refractivity contribution >= 4 is 52.4 Å². The minimum atomic E-state index is -1.58. The SMILES string of the molecule is O=C(C=CC(Cl)(Cl)Cl)OCCl. The van der Waals surface area contributed by atoms with E-state index in [0.717, 1.165) is 12.2 Å². The number of halogens is 4. The van der Waals surface area contributed by atoms with Gasteiger partial charge in [-0.25, -0.2) is 4.79 Å². The van der Waals surface area contributed by atoms with Crippen molar-refractivity contribution < 1.29 is 9.53 Å². The van der Waals surface area contributed by atoms with Crippen molar-refractivity contribution in [1.29, 1.82) is 0 Å². The Balaban J connectivity index is 3.83. The second kappa shape index (κ2) is 5.09. The maximum absolute atomic E-state index is 10.5. The highest BCUT2D eigenvalue weighted by atomic mass is 35.6. The number of alkyl halides is 4. The van der Waals surface area contributed by atoms with Gasteiger partial charge in [0.15, 0.2) is 6.07 Å². The van der Waals surface area contributed by atoms with Crippen LogP contribution >= 0.6 is 46.4 Å². The first-order chi connectivity index (χ1) is 4.95. The minimum Gasteiger partial charge on any atom is -0.446 e.